The lowest BCUT2D eigenvalue weighted by atomic mass is 9.20. The third kappa shape index (κ3) is 2.42. The fourth-order valence-corrected chi connectivity index (χ4v) is 5.75. The zero-order valence-corrected chi connectivity index (χ0v) is 17.4. The van der Waals surface area contributed by atoms with Crippen molar-refractivity contribution in [2.75, 3.05) is 6.26 Å². The van der Waals surface area contributed by atoms with E-state index in [-0.39, 0.29) is 17.7 Å². The molecule has 28 heavy (non-hydrogen) atoms. The van der Waals surface area contributed by atoms with Crippen molar-refractivity contribution in [2.24, 2.45) is 5.41 Å². The van der Waals surface area contributed by atoms with Crippen molar-refractivity contribution in [3.8, 4) is 0 Å². The van der Waals surface area contributed by atoms with E-state index in [1.807, 2.05) is 27.7 Å². The summed E-state index contributed by atoms with van der Waals surface area (Å²) >= 11 is 0. The van der Waals surface area contributed by atoms with Crippen molar-refractivity contribution < 1.29 is 30.9 Å². The molecule has 5 rings (SSSR count). The van der Waals surface area contributed by atoms with E-state index < -0.39 is 51.0 Å². The molecule has 1 saturated heterocycles. The lowest BCUT2D eigenvalue weighted by Gasteiger charge is -2.76. The van der Waals surface area contributed by atoms with Crippen LogP contribution in [-0.4, -0.2) is 39.2 Å². The van der Waals surface area contributed by atoms with Gasteiger partial charge in [-0.3, -0.25) is 0 Å². The van der Waals surface area contributed by atoms with Gasteiger partial charge in [-0.1, -0.05) is 12.1 Å². The molecule has 154 valence electrons. The molecule has 1 atom stereocenters. The Balaban J connectivity index is 1.71. The van der Waals surface area contributed by atoms with E-state index >= 15 is 0 Å². The summed E-state index contributed by atoms with van der Waals surface area (Å²) in [7, 11) is -4.32. The first-order valence-corrected chi connectivity index (χ1v) is 11.2. The van der Waals surface area contributed by atoms with E-state index in [1.165, 1.54) is 12.1 Å². The van der Waals surface area contributed by atoms with Gasteiger partial charge in [0.1, 0.15) is 0 Å². The Labute approximate surface area is 163 Å². The molecule has 0 amide bonds. The molecule has 1 aliphatic heterocycles. The Bertz CT molecular complexity index is 899. The zero-order valence-electron chi connectivity index (χ0n) is 16.6. The zero-order chi connectivity index (χ0) is 21.0. The van der Waals surface area contributed by atoms with E-state index in [0.29, 0.717) is 5.56 Å². The maximum absolute atomic E-state index is 13.9. The molecule has 0 N–H and O–H groups in total. The lowest BCUT2D eigenvalue weighted by Crippen LogP contribution is -2.78. The van der Waals surface area contributed by atoms with Gasteiger partial charge in [-0.25, -0.2) is 8.42 Å². The standard InChI is InChI=1S/C19H24BF3O4S/c1-15(2)16(3,4)27-20(26-15)14-17(10-18(14,11-17)19(21,22)23)12-6-8-13(9-7-12)28(5,24)25/h6-9,14H,10-11H2,1-5H3. The third-order valence-electron chi connectivity index (χ3n) is 7.42. The monoisotopic (exact) mass is 416 g/mol. The van der Waals surface area contributed by atoms with Crippen LogP contribution >= 0.6 is 0 Å². The van der Waals surface area contributed by atoms with Crippen LogP contribution in [0.15, 0.2) is 29.2 Å². The van der Waals surface area contributed by atoms with E-state index in [4.69, 9.17) is 9.31 Å². The molecule has 2 bridgehead atoms. The summed E-state index contributed by atoms with van der Waals surface area (Å²) < 4.78 is 77.2. The van der Waals surface area contributed by atoms with Gasteiger partial charge in [0.25, 0.3) is 0 Å². The Hall–Kier alpha value is -1.06. The van der Waals surface area contributed by atoms with Gasteiger partial charge >= 0.3 is 13.3 Å². The highest BCUT2D eigenvalue weighted by atomic mass is 32.2. The molecule has 4 nitrogen and oxygen atoms in total. The third-order valence-corrected chi connectivity index (χ3v) is 8.55. The molecule has 4 aliphatic rings. The number of hydrogen-bond donors (Lipinski definition) is 0. The molecular weight excluding hydrogens is 392 g/mol. The maximum atomic E-state index is 13.9. The van der Waals surface area contributed by atoms with Crippen LogP contribution in [-0.2, 0) is 24.6 Å². The SMILES string of the molecule is CC1(C)OB(C2C3(c4ccc(S(C)(=O)=O)cc4)CC2(C(F)(F)F)C3)OC1(C)C. The number of hydrogen-bond acceptors (Lipinski definition) is 4. The van der Waals surface area contributed by atoms with Gasteiger partial charge in [-0.05, 0) is 63.6 Å². The van der Waals surface area contributed by atoms with Crippen molar-refractivity contribution in [1.82, 2.24) is 0 Å². The summed E-state index contributed by atoms with van der Waals surface area (Å²) in [5, 5.41) is 0. The lowest BCUT2D eigenvalue weighted by molar-refractivity contribution is -0.340. The number of rotatable bonds is 3. The topological polar surface area (TPSA) is 52.6 Å². The molecule has 3 aliphatic carbocycles. The predicted octanol–water partition coefficient (Wildman–Crippen LogP) is 4.15. The summed E-state index contributed by atoms with van der Waals surface area (Å²) in [6.45, 7) is 7.30. The molecule has 1 unspecified atom stereocenters. The number of benzene rings is 1. The molecule has 0 radical (unpaired) electrons. The normalized spacial score (nSPS) is 36.0. The first kappa shape index (κ1) is 20.2. The second-order valence-corrected chi connectivity index (χ2v) is 11.6. The van der Waals surface area contributed by atoms with Crippen LogP contribution in [0.5, 0.6) is 0 Å². The number of sulfone groups is 1. The molecule has 1 aromatic carbocycles. The fraction of sp³-hybridized carbons (Fsp3) is 0.684. The van der Waals surface area contributed by atoms with Crippen LogP contribution in [0, 0.1) is 5.41 Å². The van der Waals surface area contributed by atoms with Gasteiger partial charge in [0.05, 0.1) is 21.5 Å². The van der Waals surface area contributed by atoms with E-state index in [2.05, 4.69) is 0 Å². The maximum Gasteiger partial charge on any atom is 0.462 e. The Morgan fingerprint density at radius 1 is 1.00 bits per heavy atom. The first-order chi connectivity index (χ1) is 12.6. The molecule has 9 heteroatoms. The van der Waals surface area contributed by atoms with Crippen LogP contribution in [0.4, 0.5) is 13.2 Å². The molecule has 1 aromatic rings. The van der Waals surface area contributed by atoms with Crippen molar-refractivity contribution in [3.63, 3.8) is 0 Å². The highest BCUT2D eigenvalue weighted by Crippen LogP contribution is 2.86. The molecular formula is C19H24BF3O4S. The van der Waals surface area contributed by atoms with Gasteiger partial charge < -0.3 is 9.31 Å². The summed E-state index contributed by atoms with van der Waals surface area (Å²) in [5.74, 6) is -0.842. The largest absolute Gasteiger partial charge is 0.462 e. The van der Waals surface area contributed by atoms with E-state index in [0.717, 1.165) is 6.26 Å². The Kier molecular flexibility index (Phi) is 3.86. The van der Waals surface area contributed by atoms with Crippen LogP contribution < -0.4 is 0 Å². The predicted molar refractivity (Wildman–Crippen MR) is 98.8 cm³/mol. The molecule has 0 aromatic heterocycles. The first-order valence-electron chi connectivity index (χ1n) is 9.29. The van der Waals surface area contributed by atoms with Crippen molar-refractivity contribution >= 4 is 17.0 Å². The van der Waals surface area contributed by atoms with Crippen LogP contribution in [0.1, 0.15) is 46.1 Å². The quantitative estimate of drug-likeness (QED) is 0.695. The van der Waals surface area contributed by atoms with Gasteiger partial charge in [-0.15, -0.1) is 0 Å². The van der Waals surface area contributed by atoms with Crippen LogP contribution in [0.2, 0.25) is 5.82 Å². The van der Waals surface area contributed by atoms with Gasteiger partial charge in [0.2, 0.25) is 0 Å². The van der Waals surface area contributed by atoms with Crippen LogP contribution in [0.3, 0.4) is 0 Å². The minimum absolute atomic E-state index is 0.0174. The van der Waals surface area contributed by atoms with Crippen molar-refractivity contribution in [3.05, 3.63) is 29.8 Å². The molecule has 4 fully saturated rings. The molecule has 3 saturated carbocycles. The van der Waals surface area contributed by atoms with E-state index in [9.17, 15) is 21.6 Å². The number of halogens is 3. The van der Waals surface area contributed by atoms with Crippen molar-refractivity contribution in [1.29, 1.82) is 0 Å². The smallest absolute Gasteiger partial charge is 0.403 e. The average molecular weight is 416 g/mol. The molecule has 1 heterocycles. The summed E-state index contributed by atoms with van der Waals surface area (Å²) in [4.78, 5) is 0.153. The van der Waals surface area contributed by atoms with Crippen molar-refractivity contribution in [2.45, 2.75) is 74.0 Å². The highest BCUT2D eigenvalue weighted by Gasteiger charge is 2.88. The Morgan fingerprint density at radius 3 is 1.86 bits per heavy atom. The Morgan fingerprint density at radius 2 is 1.46 bits per heavy atom. The summed E-state index contributed by atoms with van der Waals surface area (Å²) in [6.07, 6.45) is -3.27. The van der Waals surface area contributed by atoms with Gasteiger partial charge in [0.15, 0.2) is 9.84 Å². The summed E-state index contributed by atoms with van der Waals surface area (Å²) in [6, 6.07) is 6.20. The highest BCUT2D eigenvalue weighted by molar-refractivity contribution is 7.90. The fourth-order valence-electron chi connectivity index (χ4n) is 5.12. The second-order valence-electron chi connectivity index (χ2n) is 9.56. The minimum atomic E-state index is -4.34. The molecule has 0 spiro atoms. The second kappa shape index (κ2) is 5.35. The summed E-state index contributed by atoms with van der Waals surface area (Å²) in [5.41, 5.74) is -3.22. The average Bonchev–Trinajstić information content (AvgIpc) is 2.61. The number of alkyl halides is 3. The minimum Gasteiger partial charge on any atom is -0.403 e. The van der Waals surface area contributed by atoms with Gasteiger partial charge in [0, 0.05) is 12.1 Å². The van der Waals surface area contributed by atoms with E-state index in [1.54, 1.807) is 12.1 Å². The van der Waals surface area contributed by atoms with Gasteiger partial charge in [-0.2, -0.15) is 13.2 Å². The van der Waals surface area contributed by atoms with Crippen LogP contribution in [0.25, 0.3) is 0 Å².